The summed E-state index contributed by atoms with van der Waals surface area (Å²) in [5, 5.41) is 14.4. The van der Waals surface area contributed by atoms with Crippen molar-refractivity contribution in [2.45, 2.75) is 5.92 Å². The summed E-state index contributed by atoms with van der Waals surface area (Å²) in [6, 6.07) is 23.7. The van der Waals surface area contributed by atoms with E-state index in [4.69, 9.17) is 28.5 Å². The Bertz CT molecular complexity index is 1200. The van der Waals surface area contributed by atoms with Crippen molar-refractivity contribution < 1.29 is 4.79 Å². The minimum atomic E-state index is -0.468. The van der Waals surface area contributed by atoms with E-state index in [1.807, 2.05) is 42.5 Å². The number of carbonyl (C=O) groups excluding carboxylic acids is 1. The van der Waals surface area contributed by atoms with Crippen LogP contribution in [0.2, 0.25) is 5.02 Å². The van der Waals surface area contributed by atoms with Crippen LogP contribution >= 0.6 is 11.6 Å². The highest BCUT2D eigenvalue weighted by Gasteiger charge is 2.31. The summed E-state index contributed by atoms with van der Waals surface area (Å²) < 4.78 is 0. The fourth-order valence-corrected chi connectivity index (χ4v) is 3.62. The van der Waals surface area contributed by atoms with E-state index in [0.29, 0.717) is 22.7 Å². The third kappa shape index (κ3) is 4.53. The summed E-state index contributed by atoms with van der Waals surface area (Å²) >= 11 is 5.88. The van der Waals surface area contributed by atoms with Crippen LogP contribution in [0.5, 0.6) is 0 Å². The second-order valence-corrected chi connectivity index (χ2v) is 7.74. The van der Waals surface area contributed by atoms with E-state index in [0.717, 1.165) is 16.8 Å². The van der Waals surface area contributed by atoms with Gasteiger partial charge in [-0.05, 0) is 35.4 Å². The van der Waals surface area contributed by atoms with Crippen molar-refractivity contribution in [3.05, 3.63) is 106 Å². The molecule has 0 bridgehead atoms. The van der Waals surface area contributed by atoms with Crippen LogP contribution < -0.4 is 11.5 Å². The van der Waals surface area contributed by atoms with E-state index in [1.54, 1.807) is 41.4 Å². The van der Waals surface area contributed by atoms with Crippen molar-refractivity contribution in [3.8, 4) is 0 Å². The number of hydrazone groups is 1. The monoisotopic (exact) mass is 444 g/mol. The third-order valence-corrected chi connectivity index (χ3v) is 5.43. The van der Waals surface area contributed by atoms with Crippen molar-refractivity contribution in [1.82, 2.24) is 5.01 Å². The number of nitrogen functional groups attached to an aromatic ring is 1. The summed E-state index contributed by atoms with van der Waals surface area (Å²) in [7, 11) is 0. The van der Waals surface area contributed by atoms with E-state index in [9.17, 15) is 4.79 Å². The van der Waals surface area contributed by atoms with Gasteiger partial charge in [0.05, 0.1) is 12.3 Å². The van der Waals surface area contributed by atoms with Crippen molar-refractivity contribution in [3.63, 3.8) is 0 Å². The molecule has 1 unspecified atom stereocenters. The molecule has 0 aliphatic carbocycles. The average molecular weight is 445 g/mol. The van der Waals surface area contributed by atoms with Gasteiger partial charge in [0.1, 0.15) is 5.84 Å². The standard InChI is InChI=1S/C24H21ClN6O/c25-19-12-10-18(11-13-19)23(32)29-24(28)31-14-20(15-4-2-1-3-5-15)21(30-31)16-6-8-17(9-7-16)22(26)27/h1-13,20H,14H2,(H3,26,27)(H2,28,29,32). The molecule has 1 heterocycles. The number of benzene rings is 3. The quantitative estimate of drug-likeness (QED) is 0.420. The van der Waals surface area contributed by atoms with Gasteiger partial charge in [-0.2, -0.15) is 10.1 Å². The maximum atomic E-state index is 12.5. The van der Waals surface area contributed by atoms with Gasteiger partial charge in [-0.1, -0.05) is 66.2 Å². The number of carbonyl (C=O) groups is 1. The third-order valence-electron chi connectivity index (χ3n) is 5.18. The van der Waals surface area contributed by atoms with Crippen molar-refractivity contribution >= 4 is 35.0 Å². The number of nitrogens with one attached hydrogen (secondary N) is 1. The van der Waals surface area contributed by atoms with Gasteiger partial charge in [0.25, 0.3) is 5.91 Å². The molecule has 5 N–H and O–H groups in total. The lowest BCUT2D eigenvalue weighted by molar-refractivity contribution is 0.100. The Morgan fingerprint density at radius 1 is 0.969 bits per heavy atom. The molecule has 3 aromatic rings. The predicted molar refractivity (Wildman–Crippen MR) is 127 cm³/mol. The molecule has 32 heavy (non-hydrogen) atoms. The first kappa shape index (κ1) is 21.3. The highest BCUT2D eigenvalue weighted by molar-refractivity contribution is 6.30. The number of guanidine groups is 1. The Hall–Kier alpha value is -3.97. The molecule has 3 aromatic carbocycles. The molecule has 1 amide bonds. The molecular formula is C24H21ClN6O. The molecule has 1 atom stereocenters. The number of nitrogens with zero attached hydrogens (tertiary/aromatic N) is 3. The molecule has 1 aliphatic rings. The van der Waals surface area contributed by atoms with Crippen molar-refractivity contribution in [1.29, 1.82) is 5.41 Å². The molecule has 0 fully saturated rings. The largest absolute Gasteiger partial charge is 0.384 e. The smallest absolute Gasteiger partial charge is 0.280 e. The molecule has 0 aromatic heterocycles. The lowest BCUT2D eigenvalue weighted by Crippen LogP contribution is -2.33. The molecule has 0 spiro atoms. The Balaban J connectivity index is 1.66. The molecule has 8 heteroatoms. The van der Waals surface area contributed by atoms with Crippen molar-refractivity contribution in [2.24, 2.45) is 21.6 Å². The minimum absolute atomic E-state index is 0.00300. The van der Waals surface area contributed by atoms with Crippen LogP contribution in [-0.4, -0.2) is 35.0 Å². The van der Waals surface area contributed by atoms with Gasteiger partial charge < -0.3 is 11.5 Å². The zero-order valence-corrected chi connectivity index (χ0v) is 17.8. The summed E-state index contributed by atoms with van der Waals surface area (Å²) in [4.78, 5) is 16.5. The van der Waals surface area contributed by atoms with Gasteiger partial charge in [0.15, 0.2) is 0 Å². The van der Waals surface area contributed by atoms with Gasteiger partial charge in [-0.15, -0.1) is 0 Å². The van der Waals surface area contributed by atoms with E-state index in [2.05, 4.69) is 10.1 Å². The lowest BCUT2D eigenvalue weighted by atomic mass is 9.90. The molecule has 7 nitrogen and oxygen atoms in total. The fraction of sp³-hybridized carbons (Fsp3) is 0.0833. The van der Waals surface area contributed by atoms with Crippen LogP contribution in [0.4, 0.5) is 0 Å². The van der Waals surface area contributed by atoms with E-state index < -0.39 is 5.91 Å². The Kier molecular flexibility index (Phi) is 6.00. The number of amidine groups is 1. The molecule has 0 saturated heterocycles. The minimum Gasteiger partial charge on any atom is -0.384 e. The van der Waals surface area contributed by atoms with E-state index in [-0.39, 0.29) is 17.7 Å². The van der Waals surface area contributed by atoms with E-state index in [1.165, 1.54) is 0 Å². The van der Waals surface area contributed by atoms with Crippen LogP contribution in [0, 0.1) is 5.41 Å². The maximum Gasteiger partial charge on any atom is 0.280 e. The Morgan fingerprint density at radius 2 is 1.59 bits per heavy atom. The number of hydrogen-bond donors (Lipinski definition) is 3. The predicted octanol–water partition coefficient (Wildman–Crippen LogP) is 3.58. The maximum absolute atomic E-state index is 12.5. The van der Waals surface area contributed by atoms with Gasteiger partial charge in [-0.25, -0.2) is 5.01 Å². The first-order valence-corrected chi connectivity index (χ1v) is 10.3. The number of amides is 1. The van der Waals surface area contributed by atoms with Crippen molar-refractivity contribution in [2.75, 3.05) is 6.54 Å². The van der Waals surface area contributed by atoms with Crippen LogP contribution in [0.25, 0.3) is 0 Å². The molecule has 160 valence electrons. The first-order chi connectivity index (χ1) is 15.4. The summed E-state index contributed by atoms with van der Waals surface area (Å²) in [5.41, 5.74) is 15.5. The number of halogens is 1. The lowest BCUT2D eigenvalue weighted by Gasteiger charge is -2.15. The Labute approximate surface area is 190 Å². The fourth-order valence-electron chi connectivity index (χ4n) is 3.49. The average Bonchev–Trinajstić information content (AvgIpc) is 3.26. The first-order valence-electron chi connectivity index (χ1n) is 9.92. The summed E-state index contributed by atoms with van der Waals surface area (Å²) in [6.07, 6.45) is 0. The molecular weight excluding hydrogens is 424 g/mol. The van der Waals surface area contributed by atoms with Gasteiger partial charge in [0.2, 0.25) is 5.96 Å². The van der Waals surface area contributed by atoms with Crippen LogP contribution in [0.3, 0.4) is 0 Å². The molecule has 1 aliphatic heterocycles. The number of hydrogen-bond acceptors (Lipinski definition) is 3. The van der Waals surface area contributed by atoms with Crippen LogP contribution in [0.15, 0.2) is 89.0 Å². The van der Waals surface area contributed by atoms with Crippen LogP contribution in [0.1, 0.15) is 33.0 Å². The molecule has 4 rings (SSSR count). The number of aliphatic imine (C=N–C) groups is 1. The normalized spacial score (nSPS) is 16.0. The second kappa shape index (κ2) is 9.03. The zero-order chi connectivity index (χ0) is 22.7. The SMILES string of the molecule is N=C(N)c1ccc(C2=NN(C(N)=NC(=O)c3ccc(Cl)cc3)CC2c2ccccc2)cc1. The number of nitrogens with two attached hydrogens (primary N) is 2. The topological polar surface area (TPSA) is 121 Å². The van der Waals surface area contributed by atoms with Gasteiger partial charge in [-0.3, -0.25) is 10.2 Å². The molecule has 0 radical (unpaired) electrons. The second-order valence-electron chi connectivity index (χ2n) is 7.30. The highest BCUT2D eigenvalue weighted by atomic mass is 35.5. The van der Waals surface area contributed by atoms with E-state index >= 15 is 0 Å². The summed E-state index contributed by atoms with van der Waals surface area (Å²) in [5.74, 6) is -0.520. The summed E-state index contributed by atoms with van der Waals surface area (Å²) in [6.45, 7) is 0.442. The molecule has 0 saturated carbocycles. The Morgan fingerprint density at radius 3 is 2.22 bits per heavy atom. The number of rotatable bonds is 4. The van der Waals surface area contributed by atoms with Gasteiger partial charge in [0, 0.05) is 22.1 Å². The van der Waals surface area contributed by atoms with Gasteiger partial charge >= 0.3 is 0 Å². The van der Waals surface area contributed by atoms with Crippen LogP contribution in [-0.2, 0) is 0 Å². The highest BCUT2D eigenvalue weighted by Crippen LogP contribution is 2.29. The zero-order valence-electron chi connectivity index (χ0n) is 17.1.